The molecule has 0 bridgehead atoms. The molecule has 0 aliphatic rings. The molecule has 0 aromatic heterocycles. The first kappa shape index (κ1) is 6.31. The minimum absolute atomic E-state index is 0.0561. The highest BCUT2D eigenvalue weighted by Gasteiger charge is 1.78. The van der Waals surface area contributed by atoms with Gasteiger partial charge in [0.25, 0.3) is 0 Å². The van der Waals surface area contributed by atoms with E-state index < -0.39 is 0 Å². The zero-order valence-corrected chi connectivity index (χ0v) is 4.58. The Kier molecular flexibility index (Phi) is 5.58. The molecule has 0 aliphatic carbocycles. The van der Waals surface area contributed by atoms with Gasteiger partial charge in [-0.25, -0.2) is 5.11 Å². The molecule has 1 nitrogen and oxygen atoms in total. The van der Waals surface area contributed by atoms with E-state index in [2.05, 4.69) is 12.6 Å². The molecular formula is C4H9OS. The monoisotopic (exact) mass is 105 g/mol. The Morgan fingerprint density at radius 3 is 2.17 bits per heavy atom. The van der Waals surface area contributed by atoms with E-state index in [-0.39, 0.29) is 6.61 Å². The normalized spacial score (nSPS) is 9.00. The van der Waals surface area contributed by atoms with E-state index >= 15 is 0 Å². The summed E-state index contributed by atoms with van der Waals surface area (Å²) in [6.45, 7) is 0.0561. The average Bonchev–Trinajstić information content (AvgIpc) is 1.61. The predicted octanol–water partition coefficient (Wildman–Crippen LogP) is 1.13. The summed E-state index contributed by atoms with van der Waals surface area (Å²) in [7, 11) is 0. The highest BCUT2D eigenvalue weighted by atomic mass is 32.1. The lowest BCUT2D eigenvalue weighted by atomic mass is 10.4. The maximum Gasteiger partial charge on any atom is 0.0822 e. The zero-order chi connectivity index (χ0) is 4.83. The molecule has 1 radical (unpaired) electrons. The van der Waals surface area contributed by atoms with Crippen LogP contribution in [0, 0.1) is 0 Å². The zero-order valence-electron chi connectivity index (χ0n) is 3.68. The Labute approximate surface area is 43.8 Å². The Bertz CT molecular complexity index is 19.5. The lowest BCUT2D eigenvalue weighted by molar-refractivity contribution is 0.188. The highest BCUT2D eigenvalue weighted by molar-refractivity contribution is 7.80. The van der Waals surface area contributed by atoms with Gasteiger partial charge in [0.1, 0.15) is 0 Å². The van der Waals surface area contributed by atoms with E-state index in [1.54, 1.807) is 0 Å². The van der Waals surface area contributed by atoms with Crippen LogP contribution in [0.1, 0.15) is 12.8 Å². The molecule has 0 rings (SSSR count). The number of rotatable bonds is 3. The molecule has 0 heterocycles. The van der Waals surface area contributed by atoms with Gasteiger partial charge < -0.3 is 0 Å². The van der Waals surface area contributed by atoms with Gasteiger partial charge in [0.15, 0.2) is 0 Å². The lowest BCUT2D eigenvalue weighted by Crippen LogP contribution is -1.79. The van der Waals surface area contributed by atoms with Gasteiger partial charge in [0.2, 0.25) is 0 Å². The summed E-state index contributed by atoms with van der Waals surface area (Å²) in [5, 5.41) is 9.65. The van der Waals surface area contributed by atoms with Gasteiger partial charge in [-0.2, -0.15) is 12.6 Å². The minimum Gasteiger partial charge on any atom is -0.237 e. The summed E-state index contributed by atoms with van der Waals surface area (Å²) in [5.74, 6) is 0.849. The highest BCUT2D eigenvalue weighted by Crippen LogP contribution is 1.87. The third-order valence-electron chi connectivity index (χ3n) is 0.552. The topological polar surface area (TPSA) is 19.9 Å². The quantitative estimate of drug-likeness (QED) is 0.410. The number of thiol groups is 1. The Morgan fingerprint density at radius 1 is 1.33 bits per heavy atom. The second-order valence-electron chi connectivity index (χ2n) is 1.13. The standard InChI is InChI=1S/C4H9OS/c5-3-1-2-4-6/h6H,1-4H2. The van der Waals surface area contributed by atoms with Crippen LogP contribution >= 0.6 is 12.6 Å². The second-order valence-corrected chi connectivity index (χ2v) is 1.58. The molecule has 0 N–H and O–H groups in total. The van der Waals surface area contributed by atoms with E-state index in [1.807, 2.05) is 0 Å². The largest absolute Gasteiger partial charge is 0.237 e. The van der Waals surface area contributed by atoms with Gasteiger partial charge in [-0.1, -0.05) is 0 Å². The van der Waals surface area contributed by atoms with Crippen molar-refractivity contribution in [3.8, 4) is 0 Å². The van der Waals surface area contributed by atoms with Crippen LogP contribution in [-0.4, -0.2) is 12.4 Å². The van der Waals surface area contributed by atoms with Crippen molar-refractivity contribution in [2.75, 3.05) is 12.4 Å². The van der Waals surface area contributed by atoms with Crippen molar-refractivity contribution in [3.63, 3.8) is 0 Å². The number of hydrogen-bond acceptors (Lipinski definition) is 1. The molecule has 2 heteroatoms. The molecule has 0 fully saturated rings. The summed E-state index contributed by atoms with van der Waals surface area (Å²) in [6, 6.07) is 0. The Balaban J connectivity index is 2.34. The summed E-state index contributed by atoms with van der Waals surface area (Å²) < 4.78 is 0. The molecule has 0 aromatic rings. The number of hydrogen-bond donors (Lipinski definition) is 1. The van der Waals surface area contributed by atoms with Gasteiger partial charge in [-0.3, -0.25) is 0 Å². The van der Waals surface area contributed by atoms with Crippen LogP contribution in [0.2, 0.25) is 0 Å². The van der Waals surface area contributed by atoms with Crippen molar-refractivity contribution < 1.29 is 5.11 Å². The third kappa shape index (κ3) is 4.31. The second kappa shape index (κ2) is 5.31. The number of unbranched alkanes of at least 4 members (excludes halogenated alkanes) is 1. The lowest BCUT2D eigenvalue weighted by Gasteiger charge is -1.83. The van der Waals surface area contributed by atoms with Crippen LogP contribution in [0.25, 0.3) is 0 Å². The maximum absolute atomic E-state index is 9.65. The molecule has 0 aromatic carbocycles. The van der Waals surface area contributed by atoms with Crippen LogP contribution < -0.4 is 0 Å². The van der Waals surface area contributed by atoms with Crippen LogP contribution in [0.4, 0.5) is 0 Å². The van der Waals surface area contributed by atoms with Gasteiger partial charge >= 0.3 is 0 Å². The Hall–Kier alpha value is 0.310. The van der Waals surface area contributed by atoms with Crippen LogP contribution in [0.15, 0.2) is 0 Å². The third-order valence-corrected chi connectivity index (χ3v) is 0.869. The summed E-state index contributed by atoms with van der Waals surface area (Å²) in [4.78, 5) is 0. The molecule has 0 unspecified atom stereocenters. The molecule has 6 heavy (non-hydrogen) atoms. The van der Waals surface area contributed by atoms with Gasteiger partial charge in [-0.05, 0) is 18.6 Å². The summed E-state index contributed by atoms with van der Waals surface area (Å²) in [6.07, 6.45) is 1.75. The fourth-order valence-corrected chi connectivity index (χ4v) is 0.437. The molecule has 0 saturated carbocycles. The van der Waals surface area contributed by atoms with Gasteiger partial charge in [0.05, 0.1) is 6.61 Å². The van der Waals surface area contributed by atoms with E-state index in [1.165, 1.54) is 0 Å². The first-order valence-electron chi connectivity index (χ1n) is 2.10. The molecule has 0 saturated heterocycles. The van der Waals surface area contributed by atoms with E-state index in [9.17, 15) is 5.11 Å². The molecule has 37 valence electrons. The van der Waals surface area contributed by atoms with Crippen LogP contribution in [-0.2, 0) is 5.11 Å². The molecule has 0 atom stereocenters. The fourth-order valence-electron chi connectivity index (χ4n) is 0.214. The summed E-state index contributed by atoms with van der Waals surface area (Å²) in [5.41, 5.74) is 0. The van der Waals surface area contributed by atoms with E-state index in [0.29, 0.717) is 0 Å². The van der Waals surface area contributed by atoms with Gasteiger partial charge in [-0.15, -0.1) is 0 Å². The predicted molar refractivity (Wildman–Crippen MR) is 28.6 cm³/mol. The Morgan fingerprint density at radius 2 is 2.00 bits per heavy atom. The first-order valence-corrected chi connectivity index (χ1v) is 2.74. The van der Waals surface area contributed by atoms with Gasteiger partial charge in [0, 0.05) is 0 Å². The molecule has 0 spiro atoms. The SMILES string of the molecule is [O]CCCCS. The molecular weight excluding hydrogens is 96.1 g/mol. The van der Waals surface area contributed by atoms with Crippen molar-refractivity contribution in [2.45, 2.75) is 12.8 Å². The molecule has 0 aliphatic heterocycles. The summed E-state index contributed by atoms with van der Waals surface area (Å²) >= 11 is 3.92. The molecule has 0 amide bonds. The average molecular weight is 105 g/mol. The van der Waals surface area contributed by atoms with Crippen LogP contribution in [0.3, 0.4) is 0 Å². The maximum atomic E-state index is 9.65. The first-order chi connectivity index (χ1) is 2.91. The van der Waals surface area contributed by atoms with Crippen molar-refractivity contribution >= 4 is 12.6 Å². The van der Waals surface area contributed by atoms with E-state index in [0.717, 1.165) is 18.6 Å². The smallest absolute Gasteiger partial charge is 0.0822 e. The minimum atomic E-state index is 0.0561. The van der Waals surface area contributed by atoms with Crippen molar-refractivity contribution in [3.05, 3.63) is 0 Å². The van der Waals surface area contributed by atoms with Crippen molar-refractivity contribution in [2.24, 2.45) is 0 Å². The fraction of sp³-hybridized carbons (Fsp3) is 1.00. The van der Waals surface area contributed by atoms with Crippen molar-refractivity contribution in [1.29, 1.82) is 0 Å². The van der Waals surface area contributed by atoms with Crippen molar-refractivity contribution in [1.82, 2.24) is 0 Å². The van der Waals surface area contributed by atoms with Crippen LogP contribution in [0.5, 0.6) is 0 Å². The van der Waals surface area contributed by atoms with E-state index in [4.69, 9.17) is 0 Å².